The second-order valence-electron chi connectivity index (χ2n) is 8.43. The summed E-state index contributed by atoms with van der Waals surface area (Å²) in [5.41, 5.74) is 5.96. The zero-order valence-corrected chi connectivity index (χ0v) is 20.3. The van der Waals surface area contributed by atoms with Gasteiger partial charge in [-0.3, -0.25) is 4.68 Å². The van der Waals surface area contributed by atoms with E-state index in [9.17, 15) is 5.11 Å². The van der Waals surface area contributed by atoms with Gasteiger partial charge in [0.1, 0.15) is 17.3 Å². The van der Waals surface area contributed by atoms with Gasteiger partial charge in [-0.25, -0.2) is 4.98 Å². The molecule has 1 aliphatic heterocycles. The molecule has 4 aromatic rings. The van der Waals surface area contributed by atoms with E-state index < -0.39 is 0 Å². The smallest absolute Gasteiger partial charge is 0.229 e. The van der Waals surface area contributed by atoms with Gasteiger partial charge in [-0.1, -0.05) is 6.07 Å². The Hall–Kier alpha value is -4.15. The van der Waals surface area contributed by atoms with Crippen molar-refractivity contribution in [1.29, 1.82) is 0 Å². The van der Waals surface area contributed by atoms with E-state index in [0.29, 0.717) is 29.8 Å². The number of benzene rings is 2. The van der Waals surface area contributed by atoms with Gasteiger partial charge in [0.15, 0.2) is 0 Å². The number of anilines is 4. The Morgan fingerprint density at radius 2 is 1.83 bits per heavy atom. The van der Waals surface area contributed by atoms with Crippen LogP contribution < -0.4 is 25.4 Å². The maximum Gasteiger partial charge on any atom is 0.229 e. The van der Waals surface area contributed by atoms with Crippen molar-refractivity contribution < 1.29 is 14.6 Å². The van der Waals surface area contributed by atoms with E-state index in [1.54, 1.807) is 37.4 Å². The fraction of sp³-hybridized carbons (Fsp3) is 0.269. The summed E-state index contributed by atoms with van der Waals surface area (Å²) in [5.74, 6) is 2.37. The van der Waals surface area contributed by atoms with E-state index in [1.807, 2.05) is 18.3 Å². The van der Waals surface area contributed by atoms with Crippen LogP contribution in [0, 0.1) is 0 Å². The third-order valence-electron chi connectivity index (χ3n) is 6.03. The molecule has 10 heteroatoms. The molecule has 0 saturated heterocycles. The quantitative estimate of drug-likeness (QED) is 0.281. The molecule has 0 bridgehead atoms. The molecule has 2 aromatic heterocycles. The summed E-state index contributed by atoms with van der Waals surface area (Å²) in [5, 5.41) is 23.8. The number of nitrogens with one attached hydrogen (secondary N) is 3. The van der Waals surface area contributed by atoms with Crippen LogP contribution in [0.1, 0.15) is 11.1 Å². The third-order valence-corrected chi connectivity index (χ3v) is 6.03. The van der Waals surface area contributed by atoms with Gasteiger partial charge in [0.25, 0.3) is 0 Å². The molecule has 0 radical (unpaired) electrons. The number of rotatable bonds is 9. The van der Waals surface area contributed by atoms with Gasteiger partial charge in [-0.05, 0) is 36.2 Å². The van der Waals surface area contributed by atoms with Gasteiger partial charge in [0.2, 0.25) is 5.95 Å². The van der Waals surface area contributed by atoms with E-state index >= 15 is 0 Å². The minimum absolute atomic E-state index is 0.0126. The molecule has 0 amide bonds. The third kappa shape index (κ3) is 5.24. The highest BCUT2D eigenvalue weighted by Gasteiger charge is 2.15. The van der Waals surface area contributed by atoms with Crippen LogP contribution in [0.5, 0.6) is 11.5 Å². The molecule has 0 aliphatic carbocycles. The molecular weight excluding hydrogens is 458 g/mol. The zero-order valence-electron chi connectivity index (χ0n) is 20.3. The Balaban J connectivity index is 1.50. The number of aliphatic hydroxyl groups excluding tert-OH is 1. The lowest BCUT2D eigenvalue weighted by molar-refractivity contribution is 0.269. The molecule has 3 heterocycles. The number of aromatic nitrogens is 4. The lowest BCUT2D eigenvalue weighted by Crippen LogP contribution is -2.23. The fourth-order valence-corrected chi connectivity index (χ4v) is 4.18. The number of hydrogen-bond acceptors (Lipinski definition) is 9. The number of methoxy groups -OCH3 is 2. The van der Waals surface area contributed by atoms with Crippen molar-refractivity contribution in [2.24, 2.45) is 0 Å². The van der Waals surface area contributed by atoms with Gasteiger partial charge < -0.3 is 30.5 Å². The predicted molar refractivity (Wildman–Crippen MR) is 138 cm³/mol. The molecule has 5 rings (SSSR count). The summed E-state index contributed by atoms with van der Waals surface area (Å²) in [4.78, 5) is 9.35. The lowest BCUT2D eigenvalue weighted by atomic mass is 10.0. The van der Waals surface area contributed by atoms with E-state index in [1.165, 1.54) is 11.1 Å². The van der Waals surface area contributed by atoms with Crippen LogP contribution in [-0.2, 0) is 19.5 Å². The molecule has 186 valence electrons. The van der Waals surface area contributed by atoms with Gasteiger partial charge in [-0.2, -0.15) is 10.1 Å². The molecule has 0 unspecified atom stereocenters. The number of fused-ring (bicyclic) bond motifs is 1. The average Bonchev–Trinajstić information content (AvgIpc) is 3.37. The fourth-order valence-electron chi connectivity index (χ4n) is 4.18. The summed E-state index contributed by atoms with van der Waals surface area (Å²) < 4.78 is 12.4. The summed E-state index contributed by atoms with van der Waals surface area (Å²) in [6, 6.07) is 11.9. The summed E-state index contributed by atoms with van der Waals surface area (Å²) in [6.07, 6.45) is 6.40. The maximum absolute atomic E-state index is 9.27. The Bertz CT molecular complexity index is 1330. The zero-order chi connectivity index (χ0) is 24.9. The standard InChI is InChI=1S/C26H29N7O3/c1-35-22-10-21(11-23(12-22)36-2)31-26-28-15-24(19-14-29-33(16-19)7-8-34)25(32-26)30-20-4-3-17-5-6-27-13-18(17)9-20/h3-4,9-12,14-16,27,34H,5-8,13H2,1-2H3,(H2,28,30,31,32). The van der Waals surface area contributed by atoms with Crippen molar-refractivity contribution in [1.82, 2.24) is 25.1 Å². The van der Waals surface area contributed by atoms with Gasteiger partial charge >= 0.3 is 0 Å². The average molecular weight is 488 g/mol. The normalized spacial score (nSPS) is 12.6. The molecule has 4 N–H and O–H groups in total. The molecule has 10 nitrogen and oxygen atoms in total. The van der Waals surface area contributed by atoms with Crippen LogP contribution >= 0.6 is 0 Å². The molecule has 36 heavy (non-hydrogen) atoms. The Kier molecular flexibility index (Phi) is 6.96. The van der Waals surface area contributed by atoms with Crippen molar-refractivity contribution in [3.63, 3.8) is 0 Å². The highest BCUT2D eigenvalue weighted by molar-refractivity contribution is 5.78. The molecule has 0 fully saturated rings. The minimum atomic E-state index is 0.0126. The monoisotopic (exact) mass is 487 g/mol. The van der Waals surface area contributed by atoms with E-state index in [2.05, 4.69) is 44.2 Å². The Labute approximate surface area is 209 Å². The van der Waals surface area contributed by atoms with Crippen LogP contribution in [-0.4, -0.2) is 52.2 Å². The highest BCUT2D eigenvalue weighted by atomic mass is 16.5. The second kappa shape index (κ2) is 10.6. The number of ether oxygens (including phenoxy) is 2. The lowest BCUT2D eigenvalue weighted by Gasteiger charge is -2.19. The van der Waals surface area contributed by atoms with Crippen LogP contribution in [0.25, 0.3) is 11.1 Å². The number of aliphatic hydroxyl groups is 1. The van der Waals surface area contributed by atoms with Crippen molar-refractivity contribution in [2.45, 2.75) is 19.5 Å². The first kappa shape index (κ1) is 23.6. The molecule has 0 atom stereocenters. The van der Waals surface area contributed by atoms with Crippen LogP contribution in [0.3, 0.4) is 0 Å². The van der Waals surface area contributed by atoms with E-state index in [-0.39, 0.29) is 6.61 Å². The molecule has 1 aliphatic rings. The molecule has 2 aromatic carbocycles. The van der Waals surface area contributed by atoms with Crippen LogP contribution in [0.15, 0.2) is 55.0 Å². The summed E-state index contributed by atoms with van der Waals surface area (Å²) in [7, 11) is 3.22. The van der Waals surface area contributed by atoms with Crippen LogP contribution in [0.4, 0.5) is 23.1 Å². The molecule has 0 spiro atoms. The van der Waals surface area contributed by atoms with Crippen molar-refractivity contribution >= 4 is 23.1 Å². The van der Waals surface area contributed by atoms with Gasteiger partial charge in [0.05, 0.1) is 33.6 Å². The minimum Gasteiger partial charge on any atom is -0.497 e. The van der Waals surface area contributed by atoms with E-state index in [0.717, 1.165) is 42.0 Å². The topological polar surface area (TPSA) is 118 Å². The first-order valence-corrected chi connectivity index (χ1v) is 11.8. The number of nitrogens with zero attached hydrogens (tertiary/aromatic N) is 4. The Morgan fingerprint density at radius 1 is 1.00 bits per heavy atom. The van der Waals surface area contributed by atoms with Crippen molar-refractivity contribution in [2.75, 3.05) is 38.0 Å². The van der Waals surface area contributed by atoms with Crippen molar-refractivity contribution in [3.05, 3.63) is 66.1 Å². The van der Waals surface area contributed by atoms with Crippen molar-refractivity contribution in [3.8, 4) is 22.6 Å². The first-order chi connectivity index (χ1) is 17.6. The predicted octanol–water partition coefficient (Wildman–Crippen LogP) is 3.48. The first-order valence-electron chi connectivity index (χ1n) is 11.8. The van der Waals surface area contributed by atoms with Gasteiger partial charge in [0, 0.05) is 59.6 Å². The van der Waals surface area contributed by atoms with E-state index in [4.69, 9.17) is 14.5 Å². The SMILES string of the molecule is COc1cc(Nc2ncc(-c3cnn(CCO)c3)c(Nc3ccc4c(c3)CNCC4)n2)cc(OC)c1. The molecular formula is C26H29N7O3. The second-order valence-corrected chi connectivity index (χ2v) is 8.43. The maximum atomic E-state index is 9.27. The Morgan fingerprint density at radius 3 is 2.61 bits per heavy atom. The summed E-state index contributed by atoms with van der Waals surface area (Å²) in [6.45, 7) is 2.27. The number of hydrogen-bond donors (Lipinski definition) is 4. The van der Waals surface area contributed by atoms with Gasteiger partial charge in [-0.15, -0.1) is 0 Å². The highest BCUT2D eigenvalue weighted by Crippen LogP contribution is 2.32. The molecule has 0 saturated carbocycles. The summed E-state index contributed by atoms with van der Waals surface area (Å²) >= 11 is 0. The van der Waals surface area contributed by atoms with Crippen LogP contribution in [0.2, 0.25) is 0 Å². The largest absolute Gasteiger partial charge is 0.497 e.